The first-order valence-electron chi connectivity index (χ1n) is 8.85. The summed E-state index contributed by atoms with van der Waals surface area (Å²) in [6.45, 7) is 5.75. The van der Waals surface area contributed by atoms with Crippen LogP contribution in [0.1, 0.15) is 42.4 Å². The summed E-state index contributed by atoms with van der Waals surface area (Å²) in [5.74, 6) is -0.429. The molecule has 3 rings (SSSR count). The van der Waals surface area contributed by atoms with Crippen molar-refractivity contribution < 1.29 is 14.0 Å². The number of hydrogen-bond donors (Lipinski definition) is 1. The first-order chi connectivity index (χ1) is 12.9. The Morgan fingerprint density at radius 1 is 1.15 bits per heavy atom. The Labute approximate surface area is 162 Å². The molecule has 142 valence electrons. The average molecular weight is 385 g/mol. The van der Waals surface area contributed by atoms with E-state index in [1.54, 1.807) is 35.4 Å². The lowest BCUT2D eigenvalue weighted by Crippen LogP contribution is -2.50. The molecule has 27 heavy (non-hydrogen) atoms. The van der Waals surface area contributed by atoms with Gasteiger partial charge in [-0.15, -0.1) is 11.3 Å². The number of para-hydroxylation sites is 1. The topological polar surface area (TPSA) is 75.4 Å². The molecule has 0 saturated heterocycles. The number of hydrogen-bond acceptors (Lipinski definition) is 5. The first kappa shape index (κ1) is 19.1. The van der Waals surface area contributed by atoms with E-state index >= 15 is 0 Å². The minimum atomic E-state index is -0.649. The van der Waals surface area contributed by atoms with Gasteiger partial charge in [-0.1, -0.05) is 26.0 Å². The van der Waals surface area contributed by atoms with Crippen LogP contribution >= 0.6 is 11.3 Å². The molecule has 2 amide bonds. The summed E-state index contributed by atoms with van der Waals surface area (Å²) in [5, 5.41) is 3.66. The maximum absolute atomic E-state index is 13.1. The van der Waals surface area contributed by atoms with E-state index in [9.17, 15) is 9.59 Å². The fraction of sp³-hybridized carbons (Fsp3) is 0.350. The van der Waals surface area contributed by atoms with Crippen LogP contribution in [0.4, 0.5) is 0 Å². The molecule has 0 bridgehead atoms. The van der Waals surface area contributed by atoms with Crippen LogP contribution in [-0.2, 0) is 4.79 Å². The summed E-state index contributed by atoms with van der Waals surface area (Å²) in [6, 6.07) is 10.3. The minimum Gasteiger partial charge on any atom is -0.459 e. The van der Waals surface area contributed by atoms with E-state index in [4.69, 9.17) is 4.42 Å². The van der Waals surface area contributed by atoms with Crippen LogP contribution in [0.2, 0.25) is 0 Å². The number of nitrogens with one attached hydrogen (secondary N) is 1. The molecule has 0 aliphatic rings. The third kappa shape index (κ3) is 4.03. The van der Waals surface area contributed by atoms with Gasteiger partial charge in [0.05, 0.1) is 22.5 Å². The first-order valence-corrected chi connectivity index (χ1v) is 9.66. The molecule has 0 aliphatic heterocycles. The second-order valence-electron chi connectivity index (χ2n) is 6.82. The molecule has 0 aliphatic carbocycles. The summed E-state index contributed by atoms with van der Waals surface area (Å²) in [4.78, 5) is 31.7. The predicted octanol–water partition coefficient (Wildman–Crippen LogP) is 3.86. The number of aromatic nitrogens is 1. The molecule has 1 N–H and O–H groups in total. The number of benzene rings is 1. The van der Waals surface area contributed by atoms with Gasteiger partial charge in [-0.3, -0.25) is 9.59 Å². The van der Waals surface area contributed by atoms with Crippen molar-refractivity contribution in [2.24, 2.45) is 5.92 Å². The summed E-state index contributed by atoms with van der Waals surface area (Å²) < 4.78 is 6.21. The van der Waals surface area contributed by atoms with E-state index in [0.29, 0.717) is 0 Å². The molecule has 0 spiro atoms. The second-order valence-corrected chi connectivity index (χ2v) is 7.88. The number of nitrogens with zero attached hydrogens (tertiary/aromatic N) is 2. The number of fused-ring (bicyclic) bond motifs is 1. The largest absolute Gasteiger partial charge is 0.459 e. The zero-order valence-corrected chi connectivity index (χ0v) is 16.6. The quantitative estimate of drug-likeness (QED) is 0.699. The number of rotatable bonds is 6. The van der Waals surface area contributed by atoms with Crippen LogP contribution in [0.15, 0.2) is 47.1 Å². The van der Waals surface area contributed by atoms with Crippen LogP contribution in [0.25, 0.3) is 10.2 Å². The number of thiazole rings is 1. The summed E-state index contributed by atoms with van der Waals surface area (Å²) >= 11 is 1.58. The summed E-state index contributed by atoms with van der Waals surface area (Å²) in [6.07, 6.45) is 1.43. The second kappa shape index (κ2) is 7.92. The number of likely N-dealkylation sites (N-methyl/N-ethyl adjacent to an activating group) is 1. The third-order valence-electron chi connectivity index (χ3n) is 4.56. The molecule has 6 nitrogen and oxygen atoms in total. The van der Waals surface area contributed by atoms with Gasteiger partial charge in [0.1, 0.15) is 11.0 Å². The van der Waals surface area contributed by atoms with E-state index in [0.717, 1.165) is 15.2 Å². The molecule has 0 fully saturated rings. The normalized spacial score (nSPS) is 13.5. The zero-order valence-electron chi connectivity index (χ0n) is 15.8. The molecule has 0 radical (unpaired) electrons. The highest BCUT2D eigenvalue weighted by atomic mass is 32.1. The van der Waals surface area contributed by atoms with Crippen LogP contribution in [0.3, 0.4) is 0 Å². The van der Waals surface area contributed by atoms with Crippen molar-refractivity contribution in [2.75, 3.05) is 7.05 Å². The molecule has 0 unspecified atom stereocenters. The SMILES string of the molecule is CC(C)[C@H](NC(=O)c1ccco1)C(=O)N(C)[C@@H](C)c1nc2ccccc2s1. The van der Waals surface area contributed by atoms with Crippen LogP contribution in [-0.4, -0.2) is 34.8 Å². The lowest BCUT2D eigenvalue weighted by molar-refractivity contribution is -0.135. The van der Waals surface area contributed by atoms with Crippen molar-refractivity contribution in [2.45, 2.75) is 32.9 Å². The molecule has 1 aromatic carbocycles. The van der Waals surface area contributed by atoms with Gasteiger partial charge in [-0.25, -0.2) is 4.98 Å². The Balaban J connectivity index is 1.77. The Kier molecular flexibility index (Phi) is 5.60. The lowest BCUT2D eigenvalue weighted by atomic mass is 10.0. The van der Waals surface area contributed by atoms with Crippen molar-refractivity contribution >= 4 is 33.4 Å². The summed E-state index contributed by atoms with van der Waals surface area (Å²) in [5.41, 5.74) is 0.928. The van der Waals surface area contributed by atoms with Crippen LogP contribution in [0.5, 0.6) is 0 Å². The molecule has 3 aromatic rings. The Morgan fingerprint density at radius 3 is 2.52 bits per heavy atom. The Morgan fingerprint density at radius 2 is 1.89 bits per heavy atom. The van der Waals surface area contributed by atoms with E-state index in [1.807, 2.05) is 45.0 Å². The van der Waals surface area contributed by atoms with Gasteiger partial charge in [-0.2, -0.15) is 0 Å². The summed E-state index contributed by atoms with van der Waals surface area (Å²) in [7, 11) is 1.74. The molecule has 2 aromatic heterocycles. The van der Waals surface area contributed by atoms with Gasteiger partial charge in [0.25, 0.3) is 5.91 Å². The molecular formula is C20H23N3O3S. The zero-order chi connectivity index (χ0) is 19.6. The highest BCUT2D eigenvalue weighted by Gasteiger charge is 2.31. The van der Waals surface area contributed by atoms with Gasteiger partial charge < -0.3 is 14.6 Å². The highest BCUT2D eigenvalue weighted by Crippen LogP contribution is 2.29. The number of amides is 2. The van der Waals surface area contributed by atoms with Crippen molar-refractivity contribution in [3.05, 3.63) is 53.4 Å². The Hall–Kier alpha value is -2.67. The smallest absolute Gasteiger partial charge is 0.287 e. The van der Waals surface area contributed by atoms with Crippen molar-refractivity contribution in [1.82, 2.24) is 15.2 Å². The molecule has 7 heteroatoms. The van der Waals surface area contributed by atoms with Gasteiger partial charge in [-0.05, 0) is 37.1 Å². The third-order valence-corrected chi connectivity index (χ3v) is 5.77. The fourth-order valence-electron chi connectivity index (χ4n) is 2.78. The van der Waals surface area contributed by atoms with Gasteiger partial charge >= 0.3 is 0 Å². The molecule has 0 saturated carbocycles. The maximum Gasteiger partial charge on any atom is 0.287 e. The van der Waals surface area contributed by atoms with E-state index < -0.39 is 11.9 Å². The monoisotopic (exact) mass is 385 g/mol. The van der Waals surface area contributed by atoms with Crippen LogP contribution < -0.4 is 5.32 Å². The van der Waals surface area contributed by atoms with Gasteiger partial charge in [0, 0.05) is 7.05 Å². The number of furan rings is 1. The van der Waals surface area contributed by atoms with Crippen LogP contribution in [0, 0.1) is 5.92 Å². The van der Waals surface area contributed by atoms with Crippen molar-refractivity contribution in [3.63, 3.8) is 0 Å². The average Bonchev–Trinajstić information content (AvgIpc) is 3.33. The fourth-order valence-corrected chi connectivity index (χ4v) is 3.84. The molecule has 2 heterocycles. The van der Waals surface area contributed by atoms with E-state index in [2.05, 4.69) is 10.3 Å². The lowest BCUT2D eigenvalue weighted by Gasteiger charge is -2.30. The predicted molar refractivity (Wildman–Crippen MR) is 106 cm³/mol. The number of carbonyl (C=O) groups excluding carboxylic acids is 2. The Bertz CT molecular complexity index is 900. The van der Waals surface area contributed by atoms with Crippen molar-refractivity contribution in [1.29, 1.82) is 0 Å². The van der Waals surface area contributed by atoms with E-state index in [1.165, 1.54) is 6.26 Å². The maximum atomic E-state index is 13.1. The highest BCUT2D eigenvalue weighted by molar-refractivity contribution is 7.18. The van der Waals surface area contributed by atoms with Gasteiger partial charge in [0.15, 0.2) is 5.76 Å². The van der Waals surface area contributed by atoms with Crippen molar-refractivity contribution in [3.8, 4) is 0 Å². The standard InChI is InChI=1S/C20H23N3O3S/c1-12(2)17(22-18(24)15-9-7-11-26-15)20(25)23(4)13(3)19-21-14-8-5-6-10-16(14)27-19/h5-13,17H,1-4H3,(H,22,24)/t13-,17-/m0/s1. The number of carbonyl (C=O) groups is 2. The molecular weight excluding hydrogens is 362 g/mol. The van der Waals surface area contributed by atoms with E-state index in [-0.39, 0.29) is 23.6 Å². The molecule has 2 atom stereocenters. The van der Waals surface area contributed by atoms with Gasteiger partial charge in [0.2, 0.25) is 5.91 Å². The minimum absolute atomic E-state index is 0.0681.